The summed E-state index contributed by atoms with van der Waals surface area (Å²) < 4.78 is 18.5. The Bertz CT molecular complexity index is 546. The number of nitrogens with one attached hydrogen (secondary N) is 1. The van der Waals surface area contributed by atoms with Gasteiger partial charge >= 0.3 is 0 Å². The van der Waals surface area contributed by atoms with E-state index >= 15 is 0 Å². The van der Waals surface area contributed by atoms with E-state index < -0.39 is 6.10 Å². The van der Waals surface area contributed by atoms with Crippen molar-refractivity contribution in [1.82, 2.24) is 5.32 Å². The summed E-state index contributed by atoms with van der Waals surface area (Å²) in [6.45, 7) is 4.78. The van der Waals surface area contributed by atoms with Crippen molar-refractivity contribution in [2.75, 3.05) is 13.2 Å². The van der Waals surface area contributed by atoms with Crippen molar-refractivity contribution < 1.29 is 18.8 Å². The van der Waals surface area contributed by atoms with E-state index in [1.54, 1.807) is 6.07 Å². The molecule has 0 radical (unpaired) electrons. The Labute approximate surface area is 129 Å². The number of carbonyl (C=O) groups excluding carboxylic acids is 1. The fourth-order valence-electron chi connectivity index (χ4n) is 2.14. The van der Waals surface area contributed by atoms with Crippen LogP contribution in [0.4, 0.5) is 4.39 Å². The van der Waals surface area contributed by atoms with Crippen molar-refractivity contribution >= 4 is 11.6 Å². The predicted molar refractivity (Wildman–Crippen MR) is 81.1 cm³/mol. The molecule has 1 heterocycles. The molecule has 2 rings (SSSR count). The third-order valence-electron chi connectivity index (χ3n) is 3.17. The monoisotopic (exact) mass is 308 g/mol. The molecule has 0 spiro atoms. The first-order chi connectivity index (χ1) is 10.5. The summed E-state index contributed by atoms with van der Waals surface area (Å²) in [5.41, 5.74) is 1.55. The van der Waals surface area contributed by atoms with E-state index in [2.05, 4.69) is 10.5 Å². The zero-order valence-electron chi connectivity index (χ0n) is 12.8. The van der Waals surface area contributed by atoms with Gasteiger partial charge in [0.2, 0.25) is 6.10 Å². The van der Waals surface area contributed by atoms with Gasteiger partial charge in [0.05, 0.1) is 18.4 Å². The van der Waals surface area contributed by atoms with E-state index in [1.165, 1.54) is 12.1 Å². The number of hydrogen-bond acceptors (Lipinski definition) is 4. The Hall–Kier alpha value is -1.95. The lowest BCUT2D eigenvalue weighted by molar-refractivity contribution is -0.131. The molecule has 1 amide bonds. The van der Waals surface area contributed by atoms with Crippen LogP contribution in [0.2, 0.25) is 0 Å². The van der Waals surface area contributed by atoms with Gasteiger partial charge in [0.25, 0.3) is 5.91 Å². The molecule has 1 aliphatic heterocycles. The highest BCUT2D eigenvalue weighted by molar-refractivity contribution is 5.93. The van der Waals surface area contributed by atoms with Crippen LogP contribution in [0, 0.1) is 5.82 Å². The highest BCUT2D eigenvalue weighted by Gasteiger charge is 2.27. The van der Waals surface area contributed by atoms with Gasteiger partial charge < -0.3 is 14.9 Å². The Morgan fingerprint density at radius 3 is 3.09 bits per heavy atom. The fraction of sp³-hybridized carbons (Fsp3) is 0.500. The van der Waals surface area contributed by atoms with Gasteiger partial charge in [0.1, 0.15) is 5.82 Å². The lowest BCUT2D eigenvalue weighted by Gasteiger charge is -2.11. The van der Waals surface area contributed by atoms with Gasteiger partial charge in [-0.1, -0.05) is 17.3 Å². The first-order valence-corrected chi connectivity index (χ1v) is 7.40. The van der Waals surface area contributed by atoms with Gasteiger partial charge in [-0.25, -0.2) is 4.39 Å². The molecule has 1 aromatic rings. The molecule has 1 atom stereocenters. The molecule has 0 saturated heterocycles. The minimum absolute atomic E-state index is 0.140. The van der Waals surface area contributed by atoms with Crippen LogP contribution in [0.25, 0.3) is 0 Å². The summed E-state index contributed by atoms with van der Waals surface area (Å²) >= 11 is 0. The van der Waals surface area contributed by atoms with E-state index in [0.29, 0.717) is 26.0 Å². The summed E-state index contributed by atoms with van der Waals surface area (Å²) in [5, 5.41) is 6.67. The first-order valence-electron chi connectivity index (χ1n) is 7.40. The molecule has 0 fully saturated rings. The van der Waals surface area contributed by atoms with Crippen molar-refractivity contribution in [3.63, 3.8) is 0 Å². The largest absolute Gasteiger partial charge is 0.382 e. The summed E-state index contributed by atoms with van der Waals surface area (Å²) in [6.07, 6.45) is 0.439. The Morgan fingerprint density at radius 1 is 1.55 bits per heavy atom. The molecule has 22 heavy (non-hydrogen) atoms. The van der Waals surface area contributed by atoms with E-state index in [1.807, 2.05) is 19.9 Å². The molecule has 0 saturated carbocycles. The van der Waals surface area contributed by atoms with Crippen LogP contribution < -0.4 is 5.32 Å². The smallest absolute Gasteiger partial charge is 0.264 e. The number of carbonyl (C=O) groups is 1. The second-order valence-electron chi connectivity index (χ2n) is 5.47. The van der Waals surface area contributed by atoms with Crippen LogP contribution in [0.5, 0.6) is 0 Å². The van der Waals surface area contributed by atoms with Crippen molar-refractivity contribution in [1.29, 1.82) is 0 Å². The van der Waals surface area contributed by atoms with Crippen LogP contribution in [0.1, 0.15) is 25.8 Å². The number of amides is 1. The Balaban J connectivity index is 1.73. The van der Waals surface area contributed by atoms with E-state index in [-0.39, 0.29) is 17.8 Å². The number of oxime groups is 1. The van der Waals surface area contributed by atoms with E-state index in [4.69, 9.17) is 9.57 Å². The van der Waals surface area contributed by atoms with E-state index in [9.17, 15) is 9.18 Å². The van der Waals surface area contributed by atoms with Gasteiger partial charge in [-0.15, -0.1) is 0 Å². The maximum Gasteiger partial charge on any atom is 0.264 e. The summed E-state index contributed by atoms with van der Waals surface area (Å²) in [6, 6.07) is 6.33. The third-order valence-corrected chi connectivity index (χ3v) is 3.17. The molecule has 1 N–H and O–H groups in total. The second kappa shape index (κ2) is 7.89. The summed E-state index contributed by atoms with van der Waals surface area (Å²) in [4.78, 5) is 17.1. The first kappa shape index (κ1) is 16.4. The number of halogens is 1. The second-order valence-corrected chi connectivity index (χ2v) is 5.47. The SMILES string of the molecule is CC(C)OCCNC(=O)C1CC(Cc2cccc(F)c2)=NO1. The molecule has 1 aliphatic rings. The number of nitrogens with zero attached hydrogens (tertiary/aromatic N) is 1. The number of ether oxygens (including phenoxy) is 1. The van der Waals surface area contributed by atoms with Crippen molar-refractivity contribution in [2.45, 2.75) is 38.9 Å². The quantitative estimate of drug-likeness (QED) is 0.784. The van der Waals surface area contributed by atoms with Gasteiger partial charge in [-0.2, -0.15) is 0 Å². The normalized spacial score (nSPS) is 17.3. The molecule has 0 bridgehead atoms. The van der Waals surface area contributed by atoms with Crippen LogP contribution in [0.3, 0.4) is 0 Å². The molecule has 6 heteroatoms. The average Bonchev–Trinajstić information content (AvgIpc) is 2.92. The van der Waals surface area contributed by atoms with Gasteiger partial charge in [-0.05, 0) is 31.5 Å². The highest BCUT2D eigenvalue weighted by Crippen LogP contribution is 2.15. The van der Waals surface area contributed by atoms with Crippen LogP contribution in [0.15, 0.2) is 29.4 Å². The summed E-state index contributed by atoms with van der Waals surface area (Å²) in [7, 11) is 0. The van der Waals surface area contributed by atoms with Gasteiger partial charge in [0.15, 0.2) is 0 Å². The predicted octanol–water partition coefficient (Wildman–Crippen LogP) is 2.05. The Morgan fingerprint density at radius 2 is 2.36 bits per heavy atom. The molecule has 0 aliphatic carbocycles. The number of benzene rings is 1. The lowest BCUT2D eigenvalue weighted by atomic mass is 10.0. The zero-order chi connectivity index (χ0) is 15.9. The van der Waals surface area contributed by atoms with Crippen LogP contribution >= 0.6 is 0 Å². The maximum absolute atomic E-state index is 13.1. The van der Waals surface area contributed by atoms with E-state index in [0.717, 1.165) is 11.3 Å². The molecule has 120 valence electrons. The topological polar surface area (TPSA) is 59.9 Å². The molecule has 5 nitrogen and oxygen atoms in total. The minimum Gasteiger partial charge on any atom is -0.382 e. The number of hydrogen-bond donors (Lipinski definition) is 1. The average molecular weight is 308 g/mol. The molecule has 0 aromatic heterocycles. The fourth-order valence-corrected chi connectivity index (χ4v) is 2.14. The Kier molecular flexibility index (Phi) is 5.89. The summed E-state index contributed by atoms with van der Waals surface area (Å²) in [5.74, 6) is -0.484. The zero-order valence-corrected chi connectivity index (χ0v) is 12.8. The highest BCUT2D eigenvalue weighted by atomic mass is 19.1. The van der Waals surface area contributed by atoms with Crippen molar-refractivity contribution in [3.05, 3.63) is 35.6 Å². The van der Waals surface area contributed by atoms with Crippen molar-refractivity contribution in [2.24, 2.45) is 5.16 Å². The molecular formula is C16H21FN2O3. The standard InChI is InChI=1S/C16H21FN2O3/c1-11(2)21-7-6-18-16(20)15-10-14(19-22-15)9-12-4-3-5-13(17)8-12/h3-5,8,11,15H,6-7,9-10H2,1-2H3,(H,18,20). The third kappa shape index (κ3) is 5.11. The maximum atomic E-state index is 13.1. The van der Waals surface area contributed by atoms with Crippen LogP contribution in [-0.2, 0) is 20.8 Å². The van der Waals surface area contributed by atoms with Crippen molar-refractivity contribution in [3.8, 4) is 0 Å². The minimum atomic E-state index is -0.609. The molecule has 1 unspecified atom stereocenters. The number of rotatable bonds is 7. The van der Waals surface area contributed by atoms with Gasteiger partial charge in [0, 0.05) is 19.4 Å². The molecular weight excluding hydrogens is 287 g/mol. The van der Waals surface area contributed by atoms with Gasteiger partial charge in [-0.3, -0.25) is 4.79 Å². The lowest BCUT2D eigenvalue weighted by Crippen LogP contribution is -2.37. The molecule has 1 aromatic carbocycles. The van der Waals surface area contributed by atoms with Crippen LogP contribution in [-0.4, -0.2) is 37.0 Å².